The molecule has 0 aromatic carbocycles. The van der Waals surface area contributed by atoms with Gasteiger partial charge in [0, 0.05) is 18.9 Å². The molecule has 5 heteroatoms. The molecule has 3 atom stereocenters. The third kappa shape index (κ3) is 4.12. The maximum atomic E-state index is 11.4. The lowest BCUT2D eigenvalue weighted by Crippen LogP contribution is -2.38. The van der Waals surface area contributed by atoms with E-state index in [9.17, 15) is 4.79 Å². The molecular formula is C12H19ClO4. The molecule has 3 unspecified atom stereocenters. The summed E-state index contributed by atoms with van der Waals surface area (Å²) in [6.07, 6.45) is 4.60. The summed E-state index contributed by atoms with van der Waals surface area (Å²) in [4.78, 5) is 11.4. The highest BCUT2D eigenvalue weighted by molar-refractivity contribution is 6.17. The number of alkyl halides is 1. The fraction of sp³-hybridized carbons (Fsp3) is 0.917. The lowest BCUT2D eigenvalue weighted by molar-refractivity contribution is -0.208. The van der Waals surface area contributed by atoms with Gasteiger partial charge in [0.25, 0.3) is 0 Å². The first-order valence-corrected chi connectivity index (χ1v) is 6.84. The smallest absolute Gasteiger partial charge is 0.308 e. The molecule has 0 N–H and O–H groups in total. The van der Waals surface area contributed by atoms with Crippen LogP contribution in [0.2, 0.25) is 0 Å². The molecule has 2 saturated heterocycles. The highest BCUT2D eigenvalue weighted by Crippen LogP contribution is 2.24. The van der Waals surface area contributed by atoms with Crippen LogP contribution in [0.25, 0.3) is 0 Å². The quantitative estimate of drug-likeness (QED) is 0.576. The number of ether oxygens (including phenoxy) is 3. The van der Waals surface area contributed by atoms with Crippen LogP contribution >= 0.6 is 11.6 Å². The van der Waals surface area contributed by atoms with Gasteiger partial charge in [-0.2, -0.15) is 0 Å². The first-order chi connectivity index (χ1) is 8.28. The van der Waals surface area contributed by atoms with Gasteiger partial charge in [0.05, 0.1) is 12.5 Å². The molecule has 2 fully saturated rings. The predicted octanol–water partition coefficient (Wildman–Crippen LogP) is 2.23. The summed E-state index contributed by atoms with van der Waals surface area (Å²) in [6.45, 7) is 0.757. The lowest BCUT2D eigenvalue weighted by Gasteiger charge is -2.32. The molecular weight excluding hydrogens is 244 g/mol. The Morgan fingerprint density at radius 2 is 2.29 bits per heavy atom. The molecule has 17 heavy (non-hydrogen) atoms. The van der Waals surface area contributed by atoms with Crippen LogP contribution in [0.5, 0.6) is 0 Å². The van der Waals surface area contributed by atoms with Crippen LogP contribution in [-0.4, -0.2) is 37.0 Å². The Labute approximate surface area is 107 Å². The van der Waals surface area contributed by atoms with Gasteiger partial charge in [-0.1, -0.05) is 0 Å². The average Bonchev–Trinajstić information content (AvgIpc) is 2.30. The van der Waals surface area contributed by atoms with Crippen LogP contribution in [0.15, 0.2) is 0 Å². The number of hydrogen-bond acceptors (Lipinski definition) is 4. The third-order valence-electron chi connectivity index (χ3n) is 3.13. The molecule has 4 nitrogen and oxygen atoms in total. The third-order valence-corrected chi connectivity index (χ3v) is 3.35. The molecule has 0 aromatic heterocycles. The van der Waals surface area contributed by atoms with Crippen molar-refractivity contribution < 1.29 is 19.0 Å². The van der Waals surface area contributed by atoms with Crippen molar-refractivity contribution in [3.63, 3.8) is 0 Å². The number of hydrogen-bond donors (Lipinski definition) is 0. The largest absolute Gasteiger partial charge is 0.462 e. The SMILES string of the molecule is O=C1CC(OC2CCCCO2)CC(CCCl)O1. The van der Waals surface area contributed by atoms with Gasteiger partial charge in [-0.05, 0) is 25.7 Å². The summed E-state index contributed by atoms with van der Waals surface area (Å²) in [7, 11) is 0. The molecule has 0 aromatic rings. The molecule has 2 rings (SSSR count). The Bertz CT molecular complexity index is 253. The van der Waals surface area contributed by atoms with Gasteiger partial charge in [0.1, 0.15) is 6.10 Å². The van der Waals surface area contributed by atoms with Crippen LogP contribution < -0.4 is 0 Å². The van der Waals surface area contributed by atoms with Gasteiger partial charge in [0.2, 0.25) is 0 Å². The Hall–Kier alpha value is -0.320. The zero-order valence-corrected chi connectivity index (χ0v) is 10.7. The molecule has 2 aliphatic rings. The van der Waals surface area contributed by atoms with Crippen molar-refractivity contribution in [3.05, 3.63) is 0 Å². The van der Waals surface area contributed by atoms with E-state index in [1.165, 1.54) is 0 Å². The normalized spacial score (nSPS) is 34.4. The van der Waals surface area contributed by atoms with Gasteiger partial charge in [-0.25, -0.2) is 0 Å². The van der Waals surface area contributed by atoms with Gasteiger partial charge in [0.15, 0.2) is 6.29 Å². The Morgan fingerprint density at radius 3 is 3.00 bits per heavy atom. The Kier molecular flexibility index (Phi) is 5.07. The molecule has 0 saturated carbocycles. The van der Waals surface area contributed by atoms with Crippen molar-refractivity contribution in [2.45, 2.75) is 57.0 Å². The number of halogens is 1. The number of rotatable bonds is 4. The maximum Gasteiger partial charge on any atom is 0.308 e. The van der Waals surface area contributed by atoms with E-state index in [0.717, 1.165) is 32.3 Å². The van der Waals surface area contributed by atoms with E-state index in [0.29, 0.717) is 18.7 Å². The number of carbonyl (C=O) groups is 1. The van der Waals surface area contributed by atoms with Crippen molar-refractivity contribution >= 4 is 17.6 Å². The minimum atomic E-state index is -0.188. The minimum Gasteiger partial charge on any atom is -0.462 e. The van der Waals surface area contributed by atoms with Gasteiger partial charge in [-0.15, -0.1) is 11.6 Å². The number of carbonyl (C=O) groups excluding carboxylic acids is 1. The molecule has 0 amide bonds. The summed E-state index contributed by atoms with van der Waals surface area (Å²) in [5, 5.41) is 0. The fourth-order valence-electron chi connectivity index (χ4n) is 2.28. The van der Waals surface area contributed by atoms with E-state index in [1.807, 2.05) is 0 Å². The topological polar surface area (TPSA) is 44.8 Å². The lowest BCUT2D eigenvalue weighted by atomic mass is 10.0. The van der Waals surface area contributed by atoms with Crippen molar-refractivity contribution in [1.29, 1.82) is 0 Å². The standard InChI is InChI=1S/C12H19ClO4/c13-5-4-9-7-10(8-11(14)16-9)17-12-3-1-2-6-15-12/h9-10,12H,1-8H2. The number of esters is 1. The molecule has 0 bridgehead atoms. The number of cyclic esters (lactones) is 1. The summed E-state index contributed by atoms with van der Waals surface area (Å²) >= 11 is 5.67. The van der Waals surface area contributed by atoms with Crippen LogP contribution in [0.4, 0.5) is 0 Å². The molecule has 0 spiro atoms. The van der Waals surface area contributed by atoms with Crippen molar-refractivity contribution in [2.24, 2.45) is 0 Å². The van der Waals surface area contributed by atoms with Crippen LogP contribution in [0, 0.1) is 0 Å². The fourth-order valence-corrected chi connectivity index (χ4v) is 2.52. The van der Waals surface area contributed by atoms with Gasteiger partial charge in [-0.3, -0.25) is 4.79 Å². The van der Waals surface area contributed by atoms with Crippen molar-refractivity contribution in [3.8, 4) is 0 Å². The van der Waals surface area contributed by atoms with E-state index < -0.39 is 0 Å². The van der Waals surface area contributed by atoms with E-state index in [-0.39, 0.29) is 24.5 Å². The van der Waals surface area contributed by atoms with E-state index in [1.54, 1.807) is 0 Å². The predicted molar refractivity (Wildman–Crippen MR) is 62.9 cm³/mol. The monoisotopic (exact) mass is 262 g/mol. The molecule has 2 heterocycles. The first-order valence-electron chi connectivity index (χ1n) is 6.30. The van der Waals surface area contributed by atoms with Crippen molar-refractivity contribution in [2.75, 3.05) is 12.5 Å². The van der Waals surface area contributed by atoms with E-state index in [4.69, 9.17) is 25.8 Å². The van der Waals surface area contributed by atoms with Gasteiger partial charge >= 0.3 is 5.97 Å². The van der Waals surface area contributed by atoms with E-state index in [2.05, 4.69) is 0 Å². The molecule has 0 radical (unpaired) electrons. The Balaban J connectivity index is 1.80. The zero-order valence-electron chi connectivity index (χ0n) is 9.90. The average molecular weight is 263 g/mol. The Morgan fingerprint density at radius 1 is 1.41 bits per heavy atom. The van der Waals surface area contributed by atoms with Crippen molar-refractivity contribution in [1.82, 2.24) is 0 Å². The minimum absolute atomic E-state index is 0.0763. The second-order valence-corrected chi connectivity index (χ2v) is 4.96. The highest BCUT2D eigenvalue weighted by Gasteiger charge is 2.31. The summed E-state index contributed by atoms with van der Waals surface area (Å²) in [5.41, 5.74) is 0. The van der Waals surface area contributed by atoms with E-state index >= 15 is 0 Å². The van der Waals surface area contributed by atoms with Crippen LogP contribution in [0.1, 0.15) is 38.5 Å². The zero-order chi connectivity index (χ0) is 12.1. The first kappa shape index (κ1) is 13.1. The van der Waals surface area contributed by atoms with Crippen LogP contribution in [0.3, 0.4) is 0 Å². The molecule has 2 aliphatic heterocycles. The second-order valence-electron chi connectivity index (χ2n) is 4.58. The summed E-state index contributed by atoms with van der Waals surface area (Å²) in [5.74, 6) is 0.317. The maximum absolute atomic E-state index is 11.4. The highest BCUT2D eigenvalue weighted by atomic mass is 35.5. The molecule has 98 valence electrons. The summed E-state index contributed by atoms with van der Waals surface area (Å²) in [6, 6.07) is 0. The molecule has 0 aliphatic carbocycles. The van der Waals surface area contributed by atoms with Gasteiger partial charge < -0.3 is 14.2 Å². The van der Waals surface area contributed by atoms with Crippen LogP contribution in [-0.2, 0) is 19.0 Å². The second kappa shape index (κ2) is 6.57. The summed E-state index contributed by atoms with van der Waals surface area (Å²) < 4.78 is 16.5.